The van der Waals surface area contributed by atoms with E-state index < -0.39 is 11.9 Å². The van der Waals surface area contributed by atoms with Crippen molar-refractivity contribution in [3.8, 4) is 0 Å². The van der Waals surface area contributed by atoms with Crippen LogP contribution in [0.15, 0.2) is 42.5 Å². The van der Waals surface area contributed by atoms with Crippen LogP contribution in [0.3, 0.4) is 0 Å². The minimum absolute atomic E-state index is 0.210. The summed E-state index contributed by atoms with van der Waals surface area (Å²) in [6.07, 6.45) is 0.707. The fourth-order valence-electron chi connectivity index (χ4n) is 2.66. The molecule has 2 aromatic carbocycles. The molecule has 1 aliphatic rings. The van der Waals surface area contributed by atoms with E-state index in [0.717, 1.165) is 18.5 Å². The molecule has 4 heteroatoms. The summed E-state index contributed by atoms with van der Waals surface area (Å²) >= 11 is 5.88. The zero-order chi connectivity index (χ0) is 14.1. The second kappa shape index (κ2) is 5.43. The minimum atomic E-state index is -0.915. The highest BCUT2D eigenvalue weighted by Gasteiger charge is 2.27. The molecule has 1 heterocycles. The first-order valence-corrected chi connectivity index (χ1v) is 7.00. The van der Waals surface area contributed by atoms with Crippen LogP contribution in [-0.4, -0.2) is 11.1 Å². The summed E-state index contributed by atoms with van der Waals surface area (Å²) in [5, 5.41) is 14.1. The first-order valence-electron chi connectivity index (χ1n) is 6.62. The number of aliphatic hydroxyl groups excluding tert-OH is 1. The smallest absolute Gasteiger partial charge is 0.129 e. The Bertz CT molecular complexity index is 632. The number of nitrogens with one attached hydrogen (secondary N) is 1. The quantitative estimate of drug-likeness (QED) is 0.878. The van der Waals surface area contributed by atoms with Crippen molar-refractivity contribution in [2.75, 3.05) is 5.32 Å². The summed E-state index contributed by atoms with van der Waals surface area (Å²) in [5.41, 5.74) is 2.47. The molecule has 2 N–H and O–H groups in total. The molecule has 0 bridgehead atoms. The molecule has 0 fully saturated rings. The van der Waals surface area contributed by atoms with Crippen molar-refractivity contribution in [2.45, 2.75) is 25.0 Å². The van der Waals surface area contributed by atoms with Gasteiger partial charge in [-0.25, -0.2) is 4.39 Å². The number of anilines is 1. The summed E-state index contributed by atoms with van der Waals surface area (Å²) < 4.78 is 13.8. The lowest BCUT2D eigenvalue weighted by Gasteiger charge is -2.31. The maximum Gasteiger partial charge on any atom is 0.129 e. The van der Waals surface area contributed by atoms with E-state index in [4.69, 9.17) is 11.6 Å². The van der Waals surface area contributed by atoms with Gasteiger partial charge in [0.25, 0.3) is 0 Å². The van der Waals surface area contributed by atoms with Gasteiger partial charge in [-0.1, -0.05) is 29.8 Å². The fourth-order valence-corrected chi connectivity index (χ4v) is 2.84. The number of hydrogen-bond acceptors (Lipinski definition) is 2. The van der Waals surface area contributed by atoms with Crippen LogP contribution in [0.1, 0.15) is 23.7 Å². The molecule has 20 heavy (non-hydrogen) atoms. The number of para-hydroxylation sites is 1. The normalized spacial score (nSPS) is 19.1. The van der Waals surface area contributed by atoms with Crippen molar-refractivity contribution in [3.63, 3.8) is 0 Å². The van der Waals surface area contributed by atoms with E-state index in [1.807, 2.05) is 18.2 Å². The minimum Gasteiger partial charge on any atom is -0.386 e. The van der Waals surface area contributed by atoms with Gasteiger partial charge in [0.1, 0.15) is 11.9 Å². The number of aryl methyl sites for hydroxylation is 1. The third-order valence-corrected chi connectivity index (χ3v) is 3.98. The Balaban J connectivity index is 1.85. The van der Waals surface area contributed by atoms with Crippen molar-refractivity contribution in [3.05, 3.63) is 64.4 Å². The second-order valence-electron chi connectivity index (χ2n) is 5.06. The van der Waals surface area contributed by atoms with Crippen LogP contribution in [0.25, 0.3) is 0 Å². The topological polar surface area (TPSA) is 32.3 Å². The molecule has 0 saturated carbocycles. The van der Waals surface area contributed by atoms with Crippen molar-refractivity contribution in [1.29, 1.82) is 0 Å². The Morgan fingerprint density at radius 2 is 2.05 bits per heavy atom. The average molecular weight is 292 g/mol. The molecule has 0 aliphatic carbocycles. The van der Waals surface area contributed by atoms with Gasteiger partial charge in [-0.15, -0.1) is 0 Å². The van der Waals surface area contributed by atoms with Gasteiger partial charge in [-0.3, -0.25) is 0 Å². The van der Waals surface area contributed by atoms with Gasteiger partial charge in [-0.05, 0) is 42.7 Å². The maximum atomic E-state index is 13.8. The van der Waals surface area contributed by atoms with Gasteiger partial charge in [-0.2, -0.15) is 0 Å². The van der Waals surface area contributed by atoms with E-state index in [0.29, 0.717) is 5.02 Å². The molecule has 2 unspecified atom stereocenters. The lowest BCUT2D eigenvalue weighted by molar-refractivity contribution is 0.144. The Morgan fingerprint density at radius 1 is 1.25 bits per heavy atom. The Labute approximate surface area is 122 Å². The van der Waals surface area contributed by atoms with Gasteiger partial charge in [0.2, 0.25) is 0 Å². The molecule has 3 rings (SSSR count). The summed E-state index contributed by atoms with van der Waals surface area (Å²) in [7, 11) is 0. The molecule has 0 radical (unpaired) electrons. The van der Waals surface area contributed by atoms with Crippen LogP contribution < -0.4 is 5.32 Å². The molecule has 0 saturated heterocycles. The molecular formula is C16H15ClFNO. The molecule has 1 aliphatic heterocycles. The van der Waals surface area contributed by atoms with Crippen LogP contribution in [0.5, 0.6) is 0 Å². The lowest BCUT2D eigenvalue weighted by Crippen LogP contribution is -2.32. The monoisotopic (exact) mass is 291 g/mol. The van der Waals surface area contributed by atoms with Crippen LogP contribution in [0.4, 0.5) is 10.1 Å². The summed E-state index contributed by atoms with van der Waals surface area (Å²) in [6, 6.07) is 12.0. The molecule has 2 aromatic rings. The number of benzene rings is 2. The van der Waals surface area contributed by atoms with E-state index in [1.165, 1.54) is 23.8 Å². The predicted molar refractivity (Wildman–Crippen MR) is 78.5 cm³/mol. The van der Waals surface area contributed by atoms with Crippen LogP contribution in [0, 0.1) is 5.82 Å². The van der Waals surface area contributed by atoms with E-state index >= 15 is 0 Å². The number of halogens is 2. The Hall–Kier alpha value is -1.58. The van der Waals surface area contributed by atoms with E-state index in [-0.39, 0.29) is 11.6 Å². The standard InChI is InChI=1S/C16H15ClFNO/c17-11-6-7-13(18)12(9-11)16(20)15-8-5-10-3-1-2-4-14(10)19-15/h1-4,6-7,9,15-16,19-20H,5,8H2. The first-order chi connectivity index (χ1) is 9.65. The molecule has 0 spiro atoms. The maximum absolute atomic E-state index is 13.8. The summed E-state index contributed by atoms with van der Waals surface area (Å²) in [6.45, 7) is 0. The van der Waals surface area contributed by atoms with Crippen molar-refractivity contribution < 1.29 is 9.50 Å². The van der Waals surface area contributed by atoms with Crippen molar-refractivity contribution in [1.82, 2.24) is 0 Å². The van der Waals surface area contributed by atoms with E-state index in [1.54, 1.807) is 0 Å². The zero-order valence-electron chi connectivity index (χ0n) is 10.8. The lowest BCUT2D eigenvalue weighted by atomic mass is 9.91. The Kier molecular flexibility index (Phi) is 3.64. The third-order valence-electron chi connectivity index (χ3n) is 3.74. The van der Waals surface area contributed by atoms with Crippen molar-refractivity contribution >= 4 is 17.3 Å². The zero-order valence-corrected chi connectivity index (χ0v) is 11.6. The summed E-state index contributed by atoms with van der Waals surface area (Å²) in [4.78, 5) is 0. The molecule has 2 atom stereocenters. The van der Waals surface area contributed by atoms with E-state index in [2.05, 4.69) is 11.4 Å². The van der Waals surface area contributed by atoms with Gasteiger partial charge in [0.05, 0.1) is 6.04 Å². The number of rotatable bonds is 2. The SMILES string of the molecule is OC(c1cc(Cl)ccc1F)C1CCc2ccccc2N1. The van der Waals surface area contributed by atoms with Crippen LogP contribution >= 0.6 is 11.6 Å². The van der Waals surface area contributed by atoms with Crippen LogP contribution in [0.2, 0.25) is 5.02 Å². The number of hydrogen-bond donors (Lipinski definition) is 2. The highest BCUT2D eigenvalue weighted by Crippen LogP contribution is 2.32. The first kappa shape index (κ1) is 13.4. The molecule has 2 nitrogen and oxygen atoms in total. The third kappa shape index (κ3) is 2.51. The van der Waals surface area contributed by atoms with E-state index in [9.17, 15) is 9.50 Å². The second-order valence-corrected chi connectivity index (χ2v) is 5.49. The number of fused-ring (bicyclic) bond motifs is 1. The van der Waals surface area contributed by atoms with Gasteiger partial charge >= 0.3 is 0 Å². The molecule has 0 aromatic heterocycles. The molecular weight excluding hydrogens is 277 g/mol. The van der Waals surface area contributed by atoms with Crippen LogP contribution in [-0.2, 0) is 6.42 Å². The molecule has 104 valence electrons. The van der Waals surface area contributed by atoms with Crippen molar-refractivity contribution in [2.24, 2.45) is 0 Å². The fraction of sp³-hybridized carbons (Fsp3) is 0.250. The number of aliphatic hydroxyl groups is 1. The average Bonchev–Trinajstić information content (AvgIpc) is 2.48. The highest BCUT2D eigenvalue weighted by molar-refractivity contribution is 6.30. The van der Waals surface area contributed by atoms with Gasteiger partial charge in [0.15, 0.2) is 0 Å². The summed E-state index contributed by atoms with van der Waals surface area (Å²) in [5.74, 6) is -0.428. The van der Waals surface area contributed by atoms with Gasteiger partial charge < -0.3 is 10.4 Å². The highest BCUT2D eigenvalue weighted by atomic mass is 35.5. The predicted octanol–water partition coefficient (Wildman–Crippen LogP) is 3.94. The Morgan fingerprint density at radius 3 is 2.90 bits per heavy atom. The largest absolute Gasteiger partial charge is 0.386 e. The van der Waals surface area contributed by atoms with Gasteiger partial charge in [0, 0.05) is 16.3 Å². The molecule has 0 amide bonds.